The van der Waals surface area contributed by atoms with Crippen LogP contribution in [-0.2, 0) is 6.54 Å². The molecule has 17 heavy (non-hydrogen) atoms. The molecule has 0 atom stereocenters. The molecule has 1 aliphatic rings. The SMILES string of the molecule is Fc1cccc(Br)c1CNC1CCCCCC1. The molecule has 1 N–H and O–H groups in total. The second-order valence-electron chi connectivity index (χ2n) is 4.77. The van der Waals surface area contributed by atoms with Gasteiger partial charge in [0.2, 0.25) is 0 Å². The van der Waals surface area contributed by atoms with E-state index in [4.69, 9.17) is 0 Å². The summed E-state index contributed by atoms with van der Waals surface area (Å²) in [5.41, 5.74) is 0.747. The fourth-order valence-corrected chi connectivity index (χ4v) is 2.91. The van der Waals surface area contributed by atoms with E-state index in [1.807, 2.05) is 6.07 Å². The van der Waals surface area contributed by atoms with Gasteiger partial charge in [-0.15, -0.1) is 0 Å². The van der Waals surface area contributed by atoms with Crippen LogP contribution in [0.25, 0.3) is 0 Å². The third-order valence-electron chi connectivity index (χ3n) is 3.48. The maximum absolute atomic E-state index is 13.6. The molecule has 0 aromatic heterocycles. The van der Waals surface area contributed by atoms with Crippen LogP contribution in [0.15, 0.2) is 22.7 Å². The lowest BCUT2D eigenvalue weighted by Crippen LogP contribution is -2.28. The van der Waals surface area contributed by atoms with Crippen LogP contribution >= 0.6 is 15.9 Å². The molecular formula is C14H19BrFN. The Bertz CT molecular complexity index is 339. The van der Waals surface area contributed by atoms with Gasteiger partial charge in [-0.2, -0.15) is 0 Å². The number of halogens is 2. The van der Waals surface area contributed by atoms with Gasteiger partial charge in [-0.1, -0.05) is 47.7 Å². The summed E-state index contributed by atoms with van der Waals surface area (Å²) in [6.07, 6.45) is 7.76. The van der Waals surface area contributed by atoms with Gasteiger partial charge < -0.3 is 5.32 Å². The fraction of sp³-hybridized carbons (Fsp3) is 0.571. The van der Waals surface area contributed by atoms with E-state index in [1.165, 1.54) is 44.6 Å². The molecule has 0 bridgehead atoms. The predicted octanol–water partition coefficient (Wildman–Crippen LogP) is 4.40. The van der Waals surface area contributed by atoms with Crippen LogP contribution in [0, 0.1) is 5.82 Å². The summed E-state index contributed by atoms with van der Waals surface area (Å²) in [5.74, 6) is -0.125. The van der Waals surface area contributed by atoms with Gasteiger partial charge in [-0.05, 0) is 25.0 Å². The van der Waals surface area contributed by atoms with Crippen molar-refractivity contribution < 1.29 is 4.39 Å². The van der Waals surface area contributed by atoms with Gasteiger partial charge in [-0.3, -0.25) is 0 Å². The molecule has 0 aliphatic heterocycles. The molecule has 94 valence electrons. The number of nitrogens with one attached hydrogen (secondary N) is 1. The van der Waals surface area contributed by atoms with Crippen molar-refractivity contribution in [3.63, 3.8) is 0 Å². The molecule has 0 saturated heterocycles. The van der Waals surface area contributed by atoms with Gasteiger partial charge in [-0.25, -0.2) is 4.39 Å². The van der Waals surface area contributed by atoms with Crippen LogP contribution in [-0.4, -0.2) is 6.04 Å². The van der Waals surface area contributed by atoms with Crippen LogP contribution < -0.4 is 5.32 Å². The van der Waals surface area contributed by atoms with Crippen LogP contribution in [0.1, 0.15) is 44.1 Å². The number of rotatable bonds is 3. The Morgan fingerprint density at radius 3 is 2.53 bits per heavy atom. The van der Waals surface area contributed by atoms with E-state index in [1.54, 1.807) is 6.07 Å². The summed E-state index contributed by atoms with van der Waals surface area (Å²) >= 11 is 3.41. The summed E-state index contributed by atoms with van der Waals surface area (Å²) in [6.45, 7) is 0.623. The molecule has 0 amide bonds. The van der Waals surface area contributed by atoms with Crippen molar-refractivity contribution >= 4 is 15.9 Å². The van der Waals surface area contributed by atoms with E-state index < -0.39 is 0 Å². The van der Waals surface area contributed by atoms with Gasteiger partial charge in [0.15, 0.2) is 0 Å². The first kappa shape index (κ1) is 13.0. The third-order valence-corrected chi connectivity index (χ3v) is 4.23. The van der Waals surface area contributed by atoms with Crippen molar-refractivity contribution in [3.05, 3.63) is 34.1 Å². The Balaban J connectivity index is 1.92. The molecule has 2 rings (SSSR count). The van der Waals surface area contributed by atoms with E-state index in [0.29, 0.717) is 12.6 Å². The minimum atomic E-state index is -0.125. The molecule has 1 aromatic carbocycles. The predicted molar refractivity (Wildman–Crippen MR) is 72.4 cm³/mol. The summed E-state index contributed by atoms with van der Waals surface area (Å²) in [4.78, 5) is 0. The summed E-state index contributed by atoms with van der Waals surface area (Å²) in [6, 6.07) is 5.71. The monoisotopic (exact) mass is 299 g/mol. The van der Waals surface area contributed by atoms with Gasteiger partial charge in [0, 0.05) is 22.6 Å². The summed E-state index contributed by atoms with van der Waals surface area (Å²) < 4.78 is 14.5. The zero-order chi connectivity index (χ0) is 12.1. The number of hydrogen-bond acceptors (Lipinski definition) is 1. The lowest BCUT2D eigenvalue weighted by Gasteiger charge is -2.17. The third kappa shape index (κ3) is 3.78. The molecule has 0 spiro atoms. The second kappa shape index (κ2) is 6.50. The minimum absolute atomic E-state index is 0.125. The fourth-order valence-electron chi connectivity index (χ4n) is 2.43. The maximum atomic E-state index is 13.6. The van der Waals surface area contributed by atoms with E-state index in [-0.39, 0.29) is 5.82 Å². The van der Waals surface area contributed by atoms with Crippen molar-refractivity contribution in [1.82, 2.24) is 5.32 Å². The highest BCUT2D eigenvalue weighted by Crippen LogP contribution is 2.21. The van der Waals surface area contributed by atoms with Crippen LogP contribution in [0.3, 0.4) is 0 Å². The molecule has 0 unspecified atom stereocenters. The van der Waals surface area contributed by atoms with Crippen molar-refractivity contribution in [3.8, 4) is 0 Å². The quantitative estimate of drug-likeness (QED) is 0.816. The topological polar surface area (TPSA) is 12.0 Å². The summed E-state index contributed by atoms with van der Waals surface area (Å²) in [7, 11) is 0. The molecular weight excluding hydrogens is 281 g/mol. The Morgan fingerprint density at radius 1 is 1.18 bits per heavy atom. The molecule has 1 aliphatic carbocycles. The maximum Gasteiger partial charge on any atom is 0.128 e. The molecule has 1 aromatic rings. The van der Waals surface area contributed by atoms with E-state index in [9.17, 15) is 4.39 Å². The normalized spacial score (nSPS) is 18.0. The lowest BCUT2D eigenvalue weighted by molar-refractivity contribution is 0.452. The van der Waals surface area contributed by atoms with Gasteiger partial charge in [0.25, 0.3) is 0 Å². The van der Waals surface area contributed by atoms with Crippen LogP contribution in [0.4, 0.5) is 4.39 Å². The van der Waals surface area contributed by atoms with Gasteiger partial charge in [0.1, 0.15) is 5.82 Å². The number of hydrogen-bond donors (Lipinski definition) is 1. The van der Waals surface area contributed by atoms with Crippen molar-refractivity contribution in [2.75, 3.05) is 0 Å². The lowest BCUT2D eigenvalue weighted by atomic mass is 10.1. The highest BCUT2D eigenvalue weighted by Gasteiger charge is 2.13. The van der Waals surface area contributed by atoms with Gasteiger partial charge >= 0.3 is 0 Å². The van der Waals surface area contributed by atoms with E-state index >= 15 is 0 Å². The smallest absolute Gasteiger partial charge is 0.128 e. The first-order valence-electron chi connectivity index (χ1n) is 6.43. The Labute approximate surface area is 111 Å². The van der Waals surface area contributed by atoms with Crippen LogP contribution in [0.2, 0.25) is 0 Å². The van der Waals surface area contributed by atoms with Gasteiger partial charge in [0.05, 0.1) is 0 Å². The van der Waals surface area contributed by atoms with Crippen molar-refractivity contribution in [2.24, 2.45) is 0 Å². The highest BCUT2D eigenvalue weighted by molar-refractivity contribution is 9.10. The molecule has 0 radical (unpaired) electrons. The summed E-state index contributed by atoms with van der Waals surface area (Å²) in [5, 5.41) is 3.49. The average molecular weight is 300 g/mol. The standard InChI is InChI=1S/C14H19BrFN/c15-13-8-5-9-14(16)12(13)10-17-11-6-3-1-2-4-7-11/h5,8-9,11,17H,1-4,6-7,10H2. The zero-order valence-electron chi connectivity index (χ0n) is 10.0. The molecule has 1 nitrogen and oxygen atoms in total. The second-order valence-corrected chi connectivity index (χ2v) is 5.62. The molecule has 3 heteroatoms. The Hall–Kier alpha value is -0.410. The Morgan fingerprint density at radius 2 is 1.88 bits per heavy atom. The molecule has 1 saturated carbocycles. The first-order valence-corrected chi connectivity index (χ1v) is 7.23. The van der Waals surface area contributed by atoms with E-state index in [0.717, 1.165) is 10.0 Å². The van der Waals surface area contributed by atoms with Crippen LogP contribution in [0.5, 0.6) is 0 Å². The largest absolute Gasteiger partial charge is 0.310 e. The minimum Gasteiger partial charge on any atom is -0.310 e. The number of benzene rings is 1. The zero-order valence-corrected chi connectivity index (χ0v) is 11.6. The van der Waals surface area contributed by atoms with Crippen molar-refractivity contribution in [1.29, 1.82) is 0 Å². The Kier molecular flexibility index (Phi) is 4.99. The first-order chi connectivity index (χ1) is 8.27. The molecule has 0 heterocycles. The highest BCUT2D eigenvalue weighted by atomic mass is 79.9. The molecule has 1 fully saturated rings. The van der Waals surface area contributed by atoms with E-state index in [2.05, 4.69) is 21.2 Å². The average Bonchev–Trinajstić information content (AvgIpc) is 2.57. The van der Waals surface area contributed by atoms with Crippen molar-refractivity contribution in [2.45, 2.75) is 51.1 Å².